The zero-order valence-corrected chi connectivity index (χ0v) is 10.6. The monoisotopic (exact) mass is 317 g/mol. The maximum atomic E-state index is 14.0. The molecule has 2 atom stereocenters. The number of rotatable bonds is 2. The summed E-state index contributed by atoms with van der Waals surface area (Å²) in [6.45, 7) is 0. The van der Waals surface area contributed by atoms with Gasteiger partial charge in [0.2, 0.25) is 5.43 Å². The maximum Gasteiger partial charge on any atom is 0.511 e. The first-order valence-electron chi connectivity index (χ1n) is 6.08. The fourth-order valence-corrected chi connectivity index (χ4v) is 2.26. The summed E-state index contributed by atoms with van der Waals surface area (Å²) in [5.74, 6) is -5.81. The number of pyridine rings is 1. The van der Waals surface area contributed by atoms with Crippen LogP contribution in [0, 0.1) is 17.5 Å². The van der Waals surface area contributed by atoms with E-state index >= 15 is 0 Å². The largest absolute Gasteiger partial charge is 0.511 e. The van der Waals surface area contributed by atoms with Crippen LogP contribution in [-0.4, -0.2) is 22.0 Å². The van der Waals surface area contributed by atoms with Gasteiger partial charge in [-0.25, -0.2) is 22.4 Å². The minimum atomic E-state index is -1.82. The molecule has 1 aliphatic rings. The van der Waals surface area contributed by atoms with Gasteiger partial charge in [-0.2, -0.15) is 0 Å². The van der Waals surface area contributed by atoms with Crippen LogP contribution in [0.5, 0.6) is 5.75 Å². The molecule has 1 aromatic heterocycles. The molecule has 2 aromatic rings. The van der Waals surface area contributed by atoms with E-state index in [9.17, 15) is 27.2 Å². The number of hydrogen-bond acceptors (Lipinski definition) is 3. The van der Waals surface area contributed by atoms with Crippen LogP contribution in [0.15, 0.2) is 17.1 Å². The Morgan fingerprint density at radius 1 is 1.32 bits per heavy atom. The van der Waals surface area contributed by atoms with Gasteiger partial charge in [0.05, 0.1) is 23.1 Å². The van der Waals surface area contributed by atoms with Gasteiger partial charge < -0.3 is 14.4 Å². The van der Waals surface area contributed by atoms with E-state index in [1.54, 1.807) is 0 Å². The van der Waals surface area contributed by atoms with Crippen LogP contribution < -0.4 is 10.2 Å². The molecule has 1 N–H and O–H groups in total. The molecule has 1 heterocycles. The van der Waals surface area contributed by atoms with Crippen molar-refractivity contribution in [2.45, 2.75) is 18.6 Å². The molecule has 9 heteroatoms. The van der Waals surface area contributed by atoms with Crippen LogP contribution in [0.25, 0.3) is 10.9 Å². The molecule has 22 heavy (non-hydrogen) atoms. The molecule has 2 unspecified atom stereocenters. The lowest BCUT2D eigenvalue weighted by Gasteiger charge is -2.13. The molecule has 0 radical (unpaired) electrons. The molecule has 1 saturated carbocycles. The fourth-order valence-electron chi connectivity index (χ4n) is 2.26. The predicted molar refractivity (Wildman–Crippen MR) is 65.3 cm³/mol. The normalized spacial score (nSPS) is 20.2. The van der Waals surface area contributed by atoms with Gasteiger partial charge in [-0.15, -0.1) is 0 Å². The molecule has 0 aliphatic heterocycles. The standard InChI is InChI=1S/C13H7F4NO4/c14-5-2-7(5)18-3-8(22-13(20)21)12(19)4-1-6(15)9(16)10(17)11(4)18/h1,3,5,7H,2H2,(H,20,21). The van der Waals surface area contributed by atoms with Crippen LogP contribution in [0.3, 0.4) is 0 Å². The van der Waals surface area contributed by atoms with Crippen molar-refractivity contribution in [1.29, 1.82) is 0 Å². The van der Waals surface area contributed by atoms with Crippen molar-refractivity contribution in [3.8, 4) is 5.75 Å². The molecule has 0 bridgehead atoms. The zero-order chi connectivity index (χ0) is 16.2. The lowest BCUT2D eigenvalue weighted by Crippen LogP contribution is -2.18. The summed E-state index contributed by atoms with van der Waals surface area (Å²) in [5, 5.41) is 7.93. The molecule has 116 valence electrons. The molecular weight excluding hydrogens is 310 g/mol. The third kappa shape index (κ3) is 2.09. The fraction of sp³-hybridized carbons (Fsp3) is 0.231. The highest BCUT2D eigenvalue weighted by molar-refractivity contribution is 5.82. The van der Waals surface area contributed by atoms with E-state index < -0.39 is 57.9 Å². The quantitative estimate of drug-likeness (QED) is 0.525. The molecule has 1 aliphatic carbocycles. The molecule has 0 saturated heterocycles. The third-order valence-corrected chi connectivity index (χ3v) is 3.36. The number of halogens is 4. The Labute approximate surface area is 119 Å². The van der Waals surface area contributed by atoms with E-state index in [1.165, 1.54) is 0 Å². The second kappa shape index (κ2) is 4.72. The van der Waals surface area contributed by atoms with Crippen molar-refractivity contribution in [3.63, 3.8) is 0 Å². The summed E-state index contributed by atoms with van der Waals surface area (Å²) in [4.78, 5) is 22.6. The van der Waals surface area contributed by atoms with Crippen molar-refractivity contribution >= 4 is 17.1 Å². The lowest BCUT2D eigenvalue weighted by molar-refractivity contribution is 0.143. The minimum absolute atomic E-state index is 0.0249. The smallest absolute Gasteiger partial charge is 0.449 e. The number of fused-ring (bicyclic) bond motifs is 1. The highest BCUT2D eigenvalue weighted by Gasteiger charge is 2.41. The van der Waals surface area contributed by atoms with E-state index in [2.05, 4.69) is 4.74 Å². The molecule has 1 fully saturated rings. The van der Waals surface area contributed by atoms with Gasteiger partial charge >= 0.3 is 6.16 Å². The highest BCUT2D eigenvalue weighted by Crippen LogP contribution is 2.41. The average Bonchev–Trinajstić information content (AvgIpc) is 3.16. The van der Waals surface area contributed by atoms with Gasteiger partial charge in [-0.05, 0) is 6.07 Å². The van der Waals surface area contributed by atoms with Crippen LogP contribution in [-0.2, 0) is 0 Å². The zero-order valence-electron chi connectivity index (χ0n) is 10.6. The predicted octanol–water partition coefficient (Wildman–Crippen LogP) is 2.76. The van der Waals surface area contributed by atoms with E-state index in [1.807, 2.05) is 0 Å². The van der Waals surface area contributed by atoms with Crippen molar-refractivity contribution in [2.75, 3.05) is 0 Å². The van der Waals surface area contributed by atoms with E-state index in [0.29, 0.717) is 6.07 Å². The van der Waals surface area contributed by atoms with Crippen LogP contribution >= 0.6 is 0 Å². The van der Waals surface area contributed by atoms with Gasteiger partial charge in [0, 0.05) is 6.42 Å². The first-order chi connectivity index (χ1) is 10.3. The molecule has 3 rings (SSSR count). The van der Waals surface area contributed by atoms with Gasteiger partial charge in [-0.3, -0.25) is 4.79 Å². The van der Waals surface area contributed by atoms with Crippen molar-refractivity contribution in [2.24, 2.45) is 0 Å². The summed E-state index contributed by atoms with van der Waals surface area (Å²) in [6.07, 6.45) is -2.43. The van der Waals surface area contributed by atoms with Crippen molar-refractivity contribution < 1.29 is 32.2 Å². The number of aromatic nitrogens is 1. The van der Waals surface area contributed by atoms with E-state index in [0.717, 1.165) is 10.8 Å². The van der Waals surface area contributed by atoms with Crippen LogP contribution in [0.2, 0.25) is 0 Å². The Morgan fingerprint density at radius 2 is 1.95 bits per heavy atom. The Morgan fingerprint density at radius 3 is 2.50 bits per heavy atom. The Bertz CT molecular complexity index is 863. The lowest BCUT2D eigenvalue weighted by atomic mass is 10.1. The number of carboxylic acid groups (broad SMARTS) is 1. The Balaban J connectivity index is 2.39. The first kappa shape index (κ1) is 14.4. The molecule has 1 aromatic carbocycles. The third-order valence-electron chi connectivity index (χ3n) is 3.36. The van der Waals surface area contributed by atoms with Crippen LogP contribution in [0.1, 0.15) is 12.5 Å². The second-order valence-electron chi connectivity index (χ2n) is 4.80. The first-order valence-corrected chi connectivity index (χ1v) is 6.08. The molecule has 5 nitrogen and oxygen atoms in total. The van der Waals surface area contributed by atoms with Gasteiger partial charge in [0.1, 0.15) is 6.17 Å². The van der Waals surface area contributed by atoms with Gasteiger partial charge in [-0.1, -0.05) is 0 Å². The van der Waals surface area contributed by atoms with Gasteiger partial charge in [0.25, 0.3) is 0 Å². The summed E-state index contributed by atoms with van der Waals surface area (Å²) in [5.41, 5.74) is -1.77. The number of nitrogens with zero attached hydrogens (tertiary/aromatic N) is 1. The van der Waals surface area contributed by atoms with E-state index in [4.69, 9.17) is 5.11 Å². The number of benzene rings is 1. The van der Waals surface area contributed by atoms with Crippen LogP contribution in [0.4, 0.5) is 22.4 Å². The Hall–Kier alpha value is -2.58. The van der Waals surface area contributed by atoms with E-state index in [-0.39, 0.29) is 6.42 Å². The highest BCUT2D eigenvalue weighted by atomic mass is 19.2. The number of alkyl halides is 1. The number of hydrogen-bond donors (Lipinski definition) is 1. The summed E-state index contributed by atoms with van der Waals surface area (Å²) in [6, 6.07) is -0.477. The van der Waals surface area contributed by atoms with Gasteiger partial charge in [0.15, 0.2) is 23.2 Å². The summed E-state index contributed by atoms with van der Waals surface area (Å²) >= 11 is 0. The SMILES string of the molecule is O=C(O)Oc1cn(C2CC2F)c2c(F)c(F)c(F)cc2c1=O. The molecule has 0 spiro atoms. The summed E-state index contributed by atoms with van der Waals surface area (Å²) < 4.78 is 59.0. The molecular formula is C13H7F4NO4. The number of carbonyl (C=O) groups is 1. The van der Waals surface area contributed by atoms with Crippen molar-refractivity contribution in [3.05, 3.63) is 39.9 Å². The topological polar surface area (TPSA) is 68.5 Å². The average molecular weight is 317 g/mol. The number of ether oxygens (including phenoxy) is 1. The summed E-state index contributed by atoms with van der Waals surface area (Å²) in [7, 11) is 0. The Kier molecular flexibility index (Phi) is 3.08. The molecule has 0 amide bonds. The maximum absolute atomic E-state index is 14.0. The second-order valence-corrected chi connectivity index (χ2v) is 4.80. The minimum Gasteiger partial charge on any atom is -0.449 e. The van der Waals surface area contributed by atoms with Crippen molar-refractivity contribution in [1.82, 2.24) is 4.57 Å².